The normalized spacial score (nSPS) is 17.7. The minimum Gasteiger partial charge on any atom is -0.493 e. The van der Waals surface area contributed by atoms with Gasteiger partial charge >= 0.3 is 0 Å². The topological polar surface area (TPSA) is 62.2 Å². The van der Waals surface area contributed by atoms with Crippen molar-refractivity contribution >= 4 is 11.7 Å². The van der Waals surface area contributed by atoms with E-state index in [4.69, 9.17) is 10.1 Å². The number of carbonyl (C=O) groups excluding carboxylic acids is 1. The van der Waals surface area contributed by atoms with Crippen LogP contribution in [0.5, 0.6) is 5.75 Å². The highest BCUT2D eigenvalue weighted by atomic mass is 16.5. The Balaban J connectivity index is 1.74. The molecule has 1 aromatic rings. The first-order valence-electron chi connectivity index (χ1n) is 8.51. The van der Waals surface area contributed by atoms with Gasteiger partial charge in [0, 0.05) is 11.0 Å². The van der Waals surface area contributed by atoms with E-state index in [0.29, 0.717) is 17.4 Å². The second kappa shape index (κ2) is 5.99. The highest BCUT2D eigenvalue weighted by Crippen LogP contribution is 2.45. The molecule has 0 heterocycles. The molecule has 23 heavy (non-hydrogen) atoms. The van der Waals surface area contributed by atoms with Gasteiger partial charge in [0.05, 0.1) is 6.61 Å². The molecule has 0 aromatic heterocycles. The highest BCUT2D eigenvalue weighted by Gasteiger charge is 2.29. The van der Waals surface area contributed by atoms with Crippen LogP contribution in [0.1, 0.15) is 68.3 Å². The van der Waals surface area contributed by atoms with Gasteiger partial charge < -0.3 is 10.1 Å². The smallest absolute Gasteiger partial charge is 0.256 e. The molecule has 2 aliphatic carbocycles. The molecule has 0 unspecified atom stereocenters. The number of nitrogens with one attached hydrogen (secondary N) is 2. The summed E-state index contributed by atoms with van der Waals surface area (Å²) in [4.78, 5) is 12.4. The number of amides is 1. The molecule has 124 valence electrons. The molecule has 0 spiro atoms. The fourth-order valence-corrected chi connectivity index (χ4v) is 2.40. The van der Waals surface area contributed by atoms with Crippen molar-refractivity contribution in [1.29, 1.82) is 5.41 Å². The van der Waals surface area contributed by atoms with Crippen LogP contribution in [0, 0.1) is 16.7 Å². The molecular weight excluding hydrogens is 288 g/mol. The van der Waals surface area contributed by atoms with E-state index in [0.717, 1.165) is 12.4 Å². The molecule has 0 saturated heterocycles. The summed E-state index contributed by atoms with van der Waals surface area (Å²) in [5.74, 6) is 2.13. The molecule has 0 atom stereocenters. The SMILES string of the molecule is CC(C)(C)C(=N)NC(=O)c1ccc(C2CC2)c(OCC2CC2)c1. The van der Waals surface area contributed by atoms with Gasteiger partial charge in [0.2, 0.25) is 0 Å². The van der Waals surface area contributed by atoms with E-state index in [-0.39, 0.29) is 17.2 Å². The number of hydrogen-bond acceptors (Lipinski definition) is 3. The molecule has 2 N–H and O–H groups in total. The first-order valence-corrected chi connectivity index (χ1v) is 8.51. The van der Waals surface area contributed by atoms with E-state index in [9.17, 15) is 4.79 Å². The van der Waals surface area contributed by atoms with Gasteiger partial charge in [0.15, 0.2) is 0 Å². The Morgan fingerprint density at radius 2 is 1.96 bits per heavy atom. The lowest BCUT2D eigenvalue weighted by molar-refractivity contribution is 0.0973. The van der Waals surface area contributed by atoms with Crippen molar-refractivity contribution in [3.8, 4) is 5.75 Å². The molecule has 0 radical (unpaired) electrons. The van der Waals surface area contributed by atoms with E-state index in [1.165, 1.54) is 31.2 Å². The number of carbonyl (C=O) groups is 1. The maximum Gasteiger partial charge on any atom is 0.256 e. The summed E-state index contributed by atoms with van der Waals surface area (Å²) in [6.07, 6.45) is 4.92. The van der Waals surface area contributed by atoms with Crippen LogP contribution in [0.3, 0.4) is 0 Å². The Kier molecular flexibility index (Phi) is 4.17. The van der Waals surface area contributed by atoms with Gasteiger partial charge in [-0.15, -0.1) is 0 Å². The van der Waals surface area contributed by atoms with Gasteiger partial charge in [-0.05, 0) is 55.2 Å². The highest BCUT2D eigenvalue weighted by molar-refractivity contribution is 6.07. The molecule has 4 nitrogen and oxygen atoms in total. The molecule has 2 aliphatic rings. The van der Waals surface area contributed by atoms with Crippen molar-refractivity contribution in [2.24, 2.45) is 11.3 Å². The molecule has 2 saturated carbocycles. The van der Waals surface area contributed by atoms with Crippen molar-refractivity contribution in [2.45, 2.75) is 52.4 Å². The van der Waals surface area contributed by atoms with E-state index in [2.05, 4.69) is 5.32 Å². The number of rotatable bonds is 5. The fraction of sp³-hybridized carbons (Fsp3) is 0.579. The van der Waals surface area contributed by atoms with Crippen LogP contribution < -0.4 is 10.1 Å². The van der Waals surface area contributed by atoms with Crippen molar-refractivity contribution in [2.75, 3.05) is 6.61 Å². The van der Waals surface area contributed by atoms with Crippen LogP contribution in [0.2, 0.25) is 0 Å². The van der Waals surface area contributed by atoms with E-state index in [1.54, 1.807) is 0 Å². The van der Waals surface area contributed by atoms with Crippen LogP contribution in [0.25, 0.3) is 0 Å². The van der Waals surface area contributed by atoms with Crippen LogP contribution >= 0.6 is 0 Å². The Hall–Kier alpha value is -1.84. The lowest BCUT2D eigenvalue weighted by atomic mass is 9.95. The molecule has 1 aromatic carbocycles. The third-order valence-corrected chi connectivity index (χ3v) is 4.45. The maximum absolute atomic E-state index is 12.4. The minimum absolute atomic E-state index is 0.231. The molecule has 1 amide bonds. The Morgan fingerprint density at radius 1 is 1.26 bits per heavy atom. The Morgan fingerprint density at radius 3 is 2.52 bits per heavy atom. The predicted molar refractivity (Wildman–Crippen MR) is 91.3 cm³/mol. The van der Waals surface area contributed by atoms with Gasteiger partial charge in [0.1, 0.15) is 11.6 Å². The lowest BCUT2D eigenvalue weighted by Crippen LogP contribution is -2.38. The number of benzene rings is 1. The standard InChI is InChI=1S/C19H26N2O2/c1-19(2,3)18(20)21-17(22)14-8-9-15(13-6-7-13)16(10-14)23-11-12-4-5-12/h8-10,12-13H,4-7,11H2,1-3H3,(H2,20,21,22). The van der Waals surface area contributed by atoms with E-state index < -0.39 is 0 Å². The van der Waals surface area contributed by atoms with Gasteiger partial charge in [0.25, 0.3) is 5.91 Å². The van der Waals surface area contributed by atoms with Gasteiger partial charge in [-0.3, -0.25) is 10.2 Å². The summed E-state index contributed by atoms with van der Waals surface area (Å²) in [6.45, 7) is 6.49. The zero-order valence-corrected chi connectivity index (χ0v) is 14.2. The summed E-state index contributed by atoms with van der Waals surface area (Å²) in [6, 6.07) is 5.72. The fourth-order valence-electron chi connectivity index (χ4n) is 2.40. The van der Waals surface area contributed by atoms with E-state index in [1.807, 2.05) is 39.0 Å². The van der Waals surface area contributed by atoms with Gasteiger partial charge in [-0.1, -0.05) is 26.8 Å². The van der Waals surface area contributed by atoms with E-state index >= 15 is 0 Å². The molecule has 0 aliphatic heterocycles. The molecule has 0 bridgehead atoms. The van der Waals surface area contributed by atoms with Crippen LogP contribution in [-0.2, 0) is 0 Å². The summed E-state index contributed by atoms with van der Waals surface area (Å²) in [5, 5.41) is 10.7. The first kappa shape index (κ1) is 16.0. The summed E-state index contributed by atoms with van der Waals surface area (Å²) < 4.78 is 5.99. The van der Waals surface area contributed by atoms with Crippen molar-refractivity contribution < 1.29 is 9.53 Å². The molecule has 3 rings (SSSR count). The van der Waals surface area contributed by atoms with Crippen molar-refractivity contribution in [3.05, 3.63) is 29.3 Å². The number of hydrogen-bond donors (Lipinski definition) is 2. The van der Waals surface area contributed by atoms with Crippen molar-refractivity contribution in [3.63, 3.8) is 0 Å². The predicted octanol–water partition coefficient (Wildman–Crippen LogP) is 4.11. The zero-order chi connectivity index (χ0) is 16.6. The zero-order valence-electron chi connectivity index (χ0n) is 14.2. The quantitative estimate of drug-likeness (QED) is 0.634. The van der Waals surface area contributed by atoms with Gasteiger partial charge in [-0.2, -0.15) is 0 Å². The molecule has 4 heteroatoms. The monoisotopic (exact) mass is 314 g/mol. The summed E-state index contributed by atoms with van der Waals surface area (Å²) >= 11 is 0. The number of amidine groups is 1. The largest absolute Gasteiger partial charge is 0.493 e. The third kappa shape index (κ3) is 4.12. The minimum atomic E-state index is -0.366. The van der Waals surface area contributed by atoms with Crippen LogP contribution in [0.4, 0.5) is 0 Å². The average molecular weight is 314 g/mol. The third-order valence-electron chi connectivity index (χ3n) is 4.45. The second-order valence-electron chi connectivity index (χ2n) is 7.86. The first-order chi connectivity index (χ1) is 10.8. The Bertz CT molecular complexity index is 623. The van der Waals surface area contributed by atoms with Crippen LogP contribution in [0.15, 0.2) is 18.2 Å². The number of ether oxygens (including phenoxy) is 1. The molecule has 2 fully saturated rings. The second-order valence-corrected chi connectivity index (χ2v) is 7.86. The Labute approximate surface area is 138 Å². The lowest BCUT2D eigenvalue weighted by Gasteiger charge is -2.20. The summed E-state index contributed by atoms with van der Waals surface area (Å²) in [5.41, 5.74) is 1.43. The summed E-state index contributed by atoms with van der Waals surface area (Å²) in [7, 11) is 0. The molecular formula is C19H26N2O2. The van der Waals surface area contributed by atoms with Crippen LogP contribution in [-0.4, -0.2) is 18.3 Å². The van der Waals surface area contributed by atoms with Crippen molar-refractivity contribution in [1.82, 2.24) is 5.32 Å². The maximum atomic E-state index is 12.4. The van der Waals surface area contributed by atoms with Gasteiger partial charge in [-0.25, -0.2) is 0 Å². The average Bonchev–Trinajstić information content (AvgIpc) is 3.37.